The first-order chi connectivity index (χ1) is 6.96. The highest BCUT2D eigenvalue weighted by Gasteiger charge is 2.33. The number of nitrogens with zero attached hydrogens (tertiary/aromatic N) is 1. The van der Waals surface area contributed by atoms with Gasteiger partial charge in [0.25, 0.3) is 0 Å². The van der Waals surface area contributed by atoms with Crippen molar-refractivity contribution in [2.24, 2.45) is 11.7 Å². The SMILES string of the molecule is CN(CCO)C(=O)C1CCC(N)(O)CC1. The Kier molecular flexibility index (Phi) is 4.07. The maximum Gasteiger partial charge on any atom is 0.225 e. The second kappa shape index (κ2) is 4.92. The molecule has 88 valence electrons. The summed E-state index contributed by atoms with van der Waals surface area (Å²) in [7, 11) is 1.68. The van der Waals surface area contributed by atoms with Crippen LogP contribution in [0.2, 0.25) is 0 Å². The van der Waals surface area contributed by atoms with Crippen molar-refractivity contribution in [1.82, 2.24) is 4.90 Å². The van der Waals surface area contributed by atoms with Crippen LogP contribution in [0.3, 0.4) is 0 Å². The number of hydrogen-bond donors (Lipinski definition) is 3. The van der Waals surface area contributed by atoms with Gasteiger partial charge in [-0.15, -0.1) is 0 Å². The summed E-state index contributed by atoms with van der Waals surface area (Å²) in [5.74, 6) is -0.00933. The zero-order chi connectivity index (χ0) is 11.5. The van der Waals surface area contributed by atoms with Crippen molar-refractivity contribution in [2.45, 2.75) is 31.4 Å². The minimum absolute atomic E-state index is 0.0181. The van der Waals surface area contributed by atoms with Gasteiger partial charge in [0.05, 0.1) is 6.61 Å². The number of likely N-dealkylation sites (N-methyl/N-ethyl adjacent to an activating group) is 1. The van der Waals surface area contributed by atoms with Crippen LogP contribution in [0, 0.1) is 5.92 Å². The molecule has 0 aliphatic heterocycles. The first kappa shape index (κ1) is 12.4. The van der Waals surface area contributed by atoms with E-state index in [4.69, 9.17) is 10.8 Å². The molecule has 4 N–H and O–H groups in total. The van der Waals surface area contributed by atoms with E-state index in [2.05, 4.69) is 0 Å². The Morgan fingerprint density at radius 3 is 2.53 bits per heavy atom. The summed E-state index contributed by atoms with van der Waals surface area (Å²) in [5, 5.41) is 18.2. The third kappa shape index (κ3) is 3.44. The van der Waals surface area contributed by atoms with E-state index in [0.29, 0.717) is 32.2 Å². The van der Waals surface area contributed by atoms with Crippen molar-refractivity contribution >= 4 is 5.91 Å². The summed E-state index contributed by atoms with van der Waals surface area (Å²) in [4.78, 5) is 13.3. The molecule has 0 aromatic heterocycles. The van der Waals surface area contributed by atoms with E-state index in [1.807, 2.05) is 0 Å². The monoisotopic (exact) mass is 216 g/mol. The molecule has 1 rings (SSSR count). The lowest BCUT2D eigenvalue weighted by molar-refractivity contribution is -0.137. The number of nitrogens with two attached hydrogens (primary N) is 1. The molecule has 0 unspecified atom stereocenters. The predicted octanol–water partition coefficient (Wildman–Crippen LogP) is -0.725. The van der Waals surface area contributed by atoms with Gasteiger partial charge in [-0.05, 0) is 25.7 Å². The summed E-state index contributed by atoms with van der Waals surface area (Å²) in [6.07, 6.45) is 2.19. The summed E-state index contributed by atoms with van der Waals surface area (Å²) < 4.78 is 0. The van der Waals surface area contributed by atoms with Crippen LogP contribution in [0.4, 0.5) is 0 Å². The number of aliphatic hydroxyl groups excluding tert-OH is 1. The topological polar surface area (TPSA) is 86.8 Å². The molecule has 1 saturated carbocycles. The molecule has 1 fully saturated rings. The Morgan fingerprint density at radius 1 is 1.53 bits per heavy atom. The van der Waals surface area contributed by atoms with Crippen molar-refractivity contribution in [1.29, 1.82) is 0 Å². The van der Waals surface area contributed by atoms with Crippen LogP contribution in [0.5, 0.6) is 0 Å². The van der Waals surface area contributed by atoms with E-state index >= 15 is 0 Å². The minimum atomic E-state index is -1.09. The van der Waals surface area contributed by atoms with E-state index < -0.39 is 5.72 Å². The van der Waals surface area contributed by atoms with Crippen LogP contribution in [-0.4, -0.2) is 46.9 Å². The molecule has 1 amide bonds. The lowest BCUT2D eigenvalue weighted by Gasteiger charge is -2.33. The zero-order valence-electron chi connectivity index (χ0n) is 9.15. The Bertz CT molecular complexity index is 221. The van der Waals surface area contributed by atoms with Gasteiger partial charge in [0.15, 0.2) is 0 Å². The highest BCUT2D eigenvalue weighted by Crippen LogP contribution is 2.29. The van der Waals surface area contributed by atoms with Crippen molar-refractivity contribution in [3.8, 4) is 0 Å². The van der Waals surface area contributed by atoms with Gasteiger partial charge in [0, 0.05) is 19.5 Å². The van der Waals surface area contributed by atoms with Crippen molar-refractivity contribution < 1.29 is 15.0 Å². The summed E-state index contributed by atoms with van der Waals surface area (Å²) in [5.41, 5.74) is 4.47. The predicted molar refractivity (Wildman–Crippen MR) is 55.8 cm³/mol. The average Bonchev–Trinajstić information content (AvgIpc) is 2.17. The first-order valence-electron chi connectivity index (χ1n) is 5.33. The Hall–Kier alpha value is -0.650. The molecule has 0 bridgehead atoms. The number of carbonyl (C=O) groups excluding carboxylic acids is 1. The van der Waals surface area contributed by atoms with Crippen LogP contribution in [0.15, 0.2) is 0 Å². The van der Waals surface area contributed by atoms with Crippen LogP contribution in [0.1, 0.15) is 25.7 Å². The molecule has 5 nitrogen and oxygen atoms in total. The lowest BCUT2D eigenvalue weighted by Crippen LogP contribution is -2.46. The largest absolute Gasteiger partial charge is 0.395 e. The van der Waals surface area contributed by atoms with E-state index in [9.17, 15) is 9.90 Å². The highest BCUT2D eigenvalue weighted by atomic mass is 16.3. The molecule has 0 atom stereocenters. The second-order valence-electron chi connectivity index (χ2n) is 4.36. The Balaban J connectivity index is 2.42. The van der Waals surface area contributed by atoms with Crippen LogP contribution < -0.4 is 5.73 Å². The molecule has 0 heterocycles. The minimum Gasteiger partial charge on any atom is -0.395 e. The number of hydrogen-bond acceptors (Lipinski definition) is 4. The van der Waals surface area contributed by atoms with Crippen molar-refractivity contribution in [3.63, 3.8) is 0 Å². The van der Waals surface area contributed by atoms with Gasteiger partial charge in [0.2, 0.25) is 5.91 Å². The van der Waals surface area contributed by atoms with Gasteiger partial charge in [-0.1, -0.05) is 0 Å². The molecule has 0 aromatic carbocycles. The normalized spacial score (nSPS) is 31.3. The molecule has 1 aliphatic rings. The fraction of sp³-hybridized carbons (Fsp3) is 0.900. The molecule has 15 heavy (non-hydrogen) atoms. The molecule has 0 radical (unpaired) electrons. The molecule has 5 heteroatoms. The van der Waals surface area contributed by atoms with Gasteiger partial charge in [-0.3, -0.25) is 4.79 Å². The third-order valence-electron chi connectivity index (χ3n) is 3.01. The Labute approximate surface area is 89.9 Å². The fourth-order valence-corrected chi connectivity index (χ4v) is 1.94. The number of carbonyl (C=O) groups is 1. The fourth-order valence-electron chi connectivity index (χ4n) is 1.94. The molecule has 0 saturated heterocycles. The number of rotatable bonds is 3. The standard InChI is InChI=1S/C10H20N2O3/c1-12(6-7-13)9(14)8-2-4-10(11,15)5-3-8/h8,13,15H,2-7,11H2,1H3. The van der Waals surface area contributed by atoms with Crippen LogP contribution >= 0.6 is 0 Å². The molecular formula is C10H20N2O3. The summed E-state index contributed by atoms with van der Waals surface area (Å²) in [6, 6.07) is 0. The first-order valence-corrected chi connectivity index (χ1v) is 5.33. The van der Waals surface area contributed by atoms with E-state index in [1.165, 1.54) is 4.90 Å². The molecule has 0 spiro atoms. The maximum atomic E-state index is 11.8. The van der Waals surface area contributed by atoms with E-state index in [0.717, 1.165) is 0 Å². The van der Waals surface area contributed by atoms with E-state index in [-0.39, 0.29) is 18.4 Å². The van der Waals surface area contributed by atoms with Gasteiger partial charge in [-0.25, -0.2) is 0 Å². The molecule has 0 aromatic rings. The van der Waals surface area contributed by atoms with Crippen molar-refractivity contribution in [2.75, 3.05) is 20.2 Å². The Morgan fingerprint density at radius 2 is 2.07 bits per heavy atom. The number of amides is 1. The van der Waals surface area contributed by atoms with E-state index in [1.54, 1.807) is 7.05 Å². The average molecular weight is 216 g/mol. The second-order valence-corrected chi connectivity index (χ2v) is 4.36. The molecular weight excluding hydrogens is 196 g/mol. The smallest absolute Gasteiger partial charge is 0.225 e. The quantitative estimate of drug-likeness (QED) is 0.543. The third-order valence-corrected chi connectivity index (χ3v) is 3.01. The van der Waals surface area contributed by atoms with Crippen LogP contribution in [0.25, 0.3) is 0 Å². The zero-order valence-corrected chi connectivity index (χ0v) is 9.15. The van der Waals surface area contributed by atoms with Gasteiger partial charge < -0.3 is 20.8 Å². The van der Waals surface area contributed by atoms with Crippen LogP contribution in [-0.2, 0) is 4.79 Å². The highest BCUT2D eigenvalue weighted by molar-refractivity contribution is 5.78. The summed E-state index contributed by atoms with van der Waals surface area (Å²) in [6.45, 7) is 0.345. The number of aliphatic hydroxyl groups is 2. The maximum absolute atomic E-state index is 11.8. The van der Waals surface area contributed by atoms with Gasteiger partial charge >= 0.3 is 0 Å². The van der Waals surface area contributed by atoms with Gasteiger partial charge in [0.1, 0.15) is 5.72 Å². The van der Waals surface area contributed by atoms with Crippen molar-refractivity contribution in [3.05, 3.63) is 0 Å². The summed E-state index contributed by atoms with van der Waals surface area (Å²) >= 11 is 0. The molecule has 1 aliphatic carbocycles. The van der Waals surface area contributed by atoms with Gasteiger partial charge in [-0.2, -0.15) is 0 Å². The lowest BCUT2D eigenvalue weighted by atomic mass is 9.83.